The highest BCUT2D eigenvalue weighted by molar-refractivity contribution is 7.98. The third-order valence-electron chi connectivity index (χ3n) is 4.09. The second kappa shape index (κ2) is 10.1. The number of hydrogen-bond acceptors (Lipinski definition) is 6. The van der Waals surface area contributed by atoms with Crippen LogP contribution in [0.1, 0.15) is 20.3 Å². The van der Waals surface area contributed by atoms with Gasteiger partial charge in [-0.3, -0.25) is 19.7 Å². The molecule has 0 spiro atoms. The highest BCUT2D eigenvalue weighted by Gasteiger charge is 2.36. The summed E-state index contributed by atoms with van der Waals surface area (Å²) >= 11 is 1.56. The van der Waals surface area contributed by atoms with Gasteiger partial charge in [0, 0.05) is 30.1 Å². The molecule has 152 valence electrons. The Kier molecular flexibility index (Phi) is 7.86. The van der Waals surface area contributed by atoms with Crippen molar-refractivity contribution in [3.05, 3.63) is 24.3 Å². The molecule has 0 aromatic heterocycles. The molecule has 1 saturated heterocycles. The van der Waals surface area contributed by atoms with Crippen LogP contribution in [0.3, 0.4) is 0 Å². The summed E-state index contributed by atoms with van der Waals surface area (Å²) in [4.78, 5) is 50.3. The summed E-state index contributed by atoms with van der Waals surface area (Å²) in [6.07, 6.45) is 1.97. The lowest BCUT2D eigenvalue weighted by Gasteiger charge is -2.17. The molecular formula is C19H25N3O5S. The monoisotopic (exact) mass is 407 g/mol. The van der Waals surface area contributed by atoms with Crippen LogP contribution in [0.25, 0.3) is 0 Å². The van der Waals surface area contributed by atoms with E-state index in [9.17, 15) is 19.2 Å². The topological polar surface area (TPSA) is 105 Å². The zero-order valence-corrected chi connectivity index (χ0v) is 17.0. The third kappa shape index (κ3) is 6.26. The van der Waals surface area contributed by atoms with E-state index in [1.807, 2.05) is 44.4 Å². The van der Waals surface area contributed by atoms with Gasteiger partial charge in [-0.05, 0) is 30.4 Å². The maximum atomic E-state index is 12.3. The first-order chi connectivity index (χ1) is 13.3. The number of nitrogens with zero attached hydrogens (tertiary/aromatic N) is 1. The van der Waals surface area contributed by atoms with Crippen molar-refractivity contribution in [3.8, 4) is 0 Å². The van der Waals surface area contributed by atoms with Crippen molar-refractivity contribution in [1.29, 1.82) is 0 Å². The van der Waals surface area contributed by atoms with Crippen LogP contribution in [0.2, 0.25) is 0 Å². The molecule has 1 fully saturated rings. The minimum Gasteiger partial charge on any atom is -0.455 e. The van der Waals surface area contributed by atoms with Gasteiger partial charge in [0.2, 0.25) is 5.91 Å². The highest BCUT2D eigenvalue weighted by atomic mass is 32.2. The molecule has 1 aliphatic rings. The van der Waals surface area contributed by atoms with Gasteiger partial charge >= 0.3 is 12.0 Å². The lowest BCUT2D eigenvalue weighted by atomic mass is 10.1. The van der Waals surface area contributed by atoms with Gasteiger partial charge < -0.3 is 15.0 Å². The van der Waals surface area contributed by atoms with Crippen LogP contribution < -0.4 is 15.5 Å². The van der Waals surface area contributed by atoms with Crippen molar-refractivity contribution in [2.24, 2.45) is 11.8 Å². The van der Waals surface area contributed by atoms with E-state index >= 15 is 0 Å². The summed E-state index contributed by atoms with van der Waals surface area (Å²) in [6.45, 7) is 3.91. The fraction of sp³-hybridized carbons (Fsp3) is 0.474. The van der Waals surface area contributed by atoms with Crippen molar-refractivity contribution >= 4 is 41.3 Å². The number of carbonyl (C=O) groups excluding carboxylic acids is 4. The molecule has 1 aromatic rings. The predicted octanol–water partition coefficient (Wildman–Crippen LogP) is 1.79. The first-order valence-corrected chi connectivity index (χ1v) is 10.2. The Hall–Kier alpha value is -2.55. The number of benzene rings is 1. The number of anilines is 1. The summed E-state index contributed by atoms with van der Waals surface area (Å²) in [5, 5.41) is 4.62. The van der Waals surface area contributed by atoms with Crippen LogP contribution in [-0.4, -0.2) is 49.8 Å². The molecule has 0 aliphatic carbocycles. The molecule has 9 heteroatoms. The number of amides is 4. The summed E-state index contributed by atoms with van der Waals surface area (Å²) in [5.41, 5.74) is 0.728. The van der Waals surface area contributed by atoms with Crippen molar-refractivity contribution < 1.29 is 23.9 Å². The molecule has 1 aliphatic heterocycles. The number of ether oxygens (including phenoxy) is 1. The van der Waals surface area contributed by atoms with Crippen molar-refractivity contribution in [1.82, 2.24) is 10.6 Å². The van der Waals surface area contributed by atoms with Gasteiger partial charge in [-0.2, -0.15) is 0 Å². The Morgan fingerprint density at radius 2 is 2.07 bits per heavy atom. The maximum Gasteiger partial charge on any atom is 0.321 e. The van der Waals surface area contributed by atoms with Crippen LogP contribution in [-0.2, 0) is 19.1 Å². The number of carbonyl (C=O) groups is 4. The van der Waals surface area contributed by atoms with Crippen LogP contribution in [0.15, 0.2) is 29.2 Å². The lowest BCUT2D eigenvalue weighted by molar-refractivity contribution is -0.152. The number of rotatable bonds is 7. The Labute approximate surface area is 168 Å². The second-order valence-corrected chi connectivity index (χ2v) is 7.75. The largest absolute Gasteiger partial charge is 0.455 e. The Balaban J connectivity index is 1.82. The zero-order chi connectivity index (χ0) is 20.7. The molecule has 1 heterocycles. The zero-order valence-electron chi connectivity index (χ0n) is 16.2. The van der Waals surface area contributed by atoms with E-state index in [0.717, 1.165) is 10.6 Å². The van der Waals surface area contributed by atoms with Gasteiger partial charge in [-0.1, -0.05) is 19.9 Å². The Bertz CT molecular complexity index is 753. The predicted molar refractivity (Wildman–Crippen MR) is 106 cm³/mol. The number of imide groups is 1. The Morgan fingerprint density at radius 3 is 2.75 bits per heavy atom. The van der Waals surface area contributed by atoms with Crippen LogP contribution in [0.4, 0.5) is 10.5 Å². The van der Waals surface area contributed by atoms with Gasteiger partial charge in [0.25, 0.3) is 5.91 Å². The fourth-order valence-corrected chi connectivity index (χ4v) is 3.10. The van der Waals surface area contributed by atoms with Crippen LogP contribution in [0, 0.1) is 11.8 Å². The normalized spacial score (nSPS) is 16.2. The number of thioether (sulfide) groups is 1. The van der Waals surface area contributed by atoms with E-state index < -0.39 is 30.4 Å². The quantitative estimate of drug-likeness (QED) is 0.527. The molecule has 4 amide bonds. The van der Waals surface area contributed by atoms with Gasteiger partial charge in [-0.15, -0.1) is 11.8 Å². The number of nitrogens with one attached hydrogen (secondary N) is 2. The summed E-state index contributed by atoms with van der Waals surface area (Å²) < 4.78 is 4.98. The summed E-state index contributed by atoms with van der Waals surface area (Å²) in [7, 11) is 0. The Morgan fingerprint density at radius 1 is 1.32 bits per heavy atom. The smallest absolute Gasteiger partial charge is 0.321 e. The van der Waals surface area contributed by atoms with E-state index in [-0.39, 0.29) is 24.8 Å². The lowest BCUT2D eigenvalue weighted by Crippen LogP contribution is -2.42. The van der Waals surface area contributed by atoms with Gasteiger partial charge in [-0.25, -0.2) is 4.79 Å². The van der Waals surface area contributed by atoms with Crippen LogP contribution in [0.5, 0.6) is 0 Å². The minimum atomic E-state index is -0.719. The van der Waals surface area contributed by atoms with E-state index in [1.54, 1.807) is 16.7 Å². The average Bonchev–Trinajstić information content (AvgIpc) is 3.06. The van der Waals surface area contributed by atoms with Crippen molar-refractivity contribution in [3.63, 3.8) is 0 Å². The van der Waals surface area contributed by atoms with E-state index in [4.69, 9.17) is 4.74 Å². The molecule has 1 aromatic carbocycles. The molecule has 0 saturated carbocycles. The van der Waals surface area contributed by atoms with E-state index in [1.165, 1.54) is 0 Å². The first kappa shape index (κ1) is 21.7. The SMILES string of the molecule is CSc1cccc(N2C[C@H](C(=O)OCC(=O)NC(=O)NCC(C)C)CC2=O)c1. The molecule has 8 nitrogen and oxygen atoms in total. The molecule has 0 bridgehead atoms. The first-order valence-electron chi connectivity index (χ1n) is 8.99. The standard InChI is InChI=1S/C19H25N3O5S/c1-12(2)9-20-19(26)21-16(23)11-27-18(25)13-7-17(24)22(10-13)14-5-4-6-15(8-14)28-3/h4-6,8,12-13H,7,9-11H2,1-3H3,(H2,20,21,23,26)/t13-/m1/s1. The molecule has 1 atom stereocenters. The fourth-order valence-electron chi connectivity index (χ4n) is 2.65. The van der Waals surface area contributed by atoms with Gasteiger partial charge in [0.05, 0.1) is 5.92 Å². The van der Waals surface area contributed by atoms with Crippen molar-refractivity contribution in [2.45, 2.75) is 25.2 Å². The van der Waals surface area contributed by atoms with E-state index in [0.29, 0.717) is 6.54 Å². The van der Waals surface area contributed by atoms with Crippen LogP contribution >= 0.6 is 11.8 Å². The summed E-state index contributed by atoms with van der Waals surface area (Å²) in [6, 6.07) is 6.87. The van der Waals surface area contributed by atoms with E-state index in [2.05, 4.69) is 10.6 Å². The van der Waals surface area contributed by atoms with Gasteiger partial charge in [0.15, 0.2) is 6.61 Å². The molecule has 2 rings (SSSR count). The molecular weight excluding hydrogens is 382 g/mol. The molecule has 2 N–H and O–H groups in total. The summed E-state index contributed by atoms with van der Waals surface area (Å²) in [5.74, 6) is -1.91. The number of hydrogen-bond donors (Lipinski definition) is 2. The third-order valence-corrected chi connectivity index (χ3v) is 4.82. The number of urea groups is 1. The second-order valence-electron chi connectivity index (χ2n) is 6.87. The highest BCUT2D eigenvalue weighted by Crippen LogP contribution is 2.28. The maximum absolute atomic E-state index is 12.3. The van der Waals surface area contributed by atoms with Crippen molar-refractivity contribution in [2.75, 3.05) is 30.9 Å². The molecule has 0 unspecified atom stereocenters. The average molecular weight is 407 g/mol. The molecule has 28 heavy (non-hydrogen) atoms. The molecule has 0 radical (unpaired) electrons. The number of esters is 1. The minimum absolute atomic E-state index is 0.0266. The van der Waals surface area contributed by atoms with Gasteiger partial charge in [0.1, 0.15) is 0 Å².